The van der Waals surface area contributed by atoms with Crippen molar-refractivity contribution in [3.05, 3.63) is 72.2 Å². The van der Waals surface area contributed by atoms with Crippen LogP contribution in [0.5, 0.6) is 0 Å². The van der Waals surface area contributed by atoms with Crippen molar-refractivity contribution in [2.45, 2.75) is 43.7 Å². The molecule has 1 amide bonds. The summed E-state index contributed by atoms with van der Waals surface area (Å²) in [4.78, 5) is 16.7. The molecule has 0 aromatic rings. The summed E-state index contributed by atoms with van der Waals surface area (Å²) in [6.07, 6.45) is 16.4. The molecule has 8 heteroatoms. The molecule has 2 atom stereocenters. The third-order valence-electron chi connectivity index (χ3n) is 8.74. The highest BCUT2D eigenvalue weighted by atomic mass is 19.1. The number of aliphatic hydroxyl groups is 1. The molecule has 0 radical (unpaired) electrons. The molecular formula is C30H38F2N4O2. The first-order valence-corrected chi connectivity index (χ1v) is 13.5. The normalized spacial score (nSPS) is 27.3. The lowest BCUT2D eigenvalue weighted by atomic mass is 9.67. The Balaban J connectivity index is 1.21. The number of nitrogens with one attached hydrogen (secondary N) is 1. The van der Waals surface area contributed by atoms with Crippen LogP contribution in [-0.4, -0.2) is 78.4 Å². The zero-order chi connectivity index (χ0) is 27.2. The van der Waals surface area contributed by atoms with Gasteiger partial charge in [0.15, 0.2) is 0 Å². The maximum atomic E-state index is 13.5. The summed E-state index contributed by atoms with van der Waals surface area (Å²) in [5.74, 6) is -0.480. The van der Waals surface area contributed by atoms with E-state index in [1.54, 1.807) is 4.90 Å². The second-order valence-electron chi connectivity index (χ2n) is 11.0. The maximum Gasteiger partial charge on any atom is 0.246 e. The molecule has 2 N–H and O–H groups in total. The van der Waals surface area contributed by atoms with Gasteiger partial charge in [-0.05, 0) is 86.6 Å². The van der Waals surface area contributed by atoms with E-state index in [0.717, 1.165) is 56.7 Å². The number of halogens is 2. The number of piperidine rings is 2. The van der Waals surface area contributed by atoms with E-state index in [-0.39, 0.29) is 17.4 Å². The van der Waals surface area contributed by atoms with Crippen LogP contribution in [0, 0.1) is 22.7 Å². The predicted octanol–water partition coefficient (Wildman–Crippen LogP) is 3.91. The van der Waals surface area contributed by atoms with Gasteiger partial charge in [-0.2, -0.15) is 5.26 Å². The molecule has 1 aliphatic carbocycles. The predicted molar refractivity (Wildman–Crippen MR) is 144 cm³/mol. The molecule has 4 aliphatic rings. The van der Waals surface area contributed by atoms with Crippen molar-refractivity contribution in [1.82, 2.24) is 15.1 Å². The minimum absolute atomic E-state index is 0.201. The Hall–Kier alpha value is -2.86. The number of carbonyl (C=O) groups excluding carboxylic acids is 1. The number of nitrogens with zero attached hydrogens (tertiary/aromatic N) is 3. The fourth-order valence-corrected chi connectivity index (χ4v) is 6.20. The number of nitriles is 1. The molecule has 0 saturated carbocycles. The lowest BCUT2D eigenvalue weighted by Crippen LogP contribution is -2.49. The number of rotatable bonds is 8. The summed E-state index contributed by atoms with van der Waals surface area (Å²) < 4.78 is 25.7. The molecule has 0 aromatic heterocycles. The Labute approximate surface area is 224 Å². The first kappa shape index (κ1) is 28.2. The Morgan fingerprint density at radius 3 is 2.63 bits per heavy atom. The number of hydrogen-bond donors (Lipinski definition) is 2. The Bertz CT molecular complexity index is 1080. The molecule has 6 nitrogen and oxygen atoms in total. The van der Waals surface area contributed by atoms with Crippen molar-refractivity contribution >= 4 is 5.91 Å². The summed E-state index contributed by atoms with van der Waals surface area (Å²) in [5, 5.41) is 24.0. The van der Waals surface area contributed by atoms with E-state index >= 15 is 0 Å². The van der Waals surface area contributed by atoms with Gasteiger partial charge in [0.2, 0.25) is 5.91 Å². The Morgan fingerprint density at radius 1 is 1.24 bits per heavy atom. The van der Waals surface area contributed by atoms with E-state index in [0.29, 0.717) is 43.8 Å². The van der Waals surface area contributed by atoms with Crippen LogP contribution in [0.3, 0.4) is 0 Å². The third kappa shape index (κ3) is 6.58. The first-order chi connectivity index (χ1) is 18.3. The van der Waals surface area contributed by atoms with Gasteiger partial charge in [0, 0.05) is 49.8 Å². The van der Waals surface area contributed by atoms with Gasteiger partial charge in [-0.15, -0.1) is 0 Å². The summed E-state index contributed by atoms with van der Waals surface area (Å²) in [7, 11) is 0. The maximum absolute atomic E-state index is 13.5. The van der Waals surface area contributed by atoms with Crippen molar-refractivity contribution in [1.29, 1.82) is 5.26 Å². The quantitative estimate of drug-likeness (QED) is 0.372. The molecule has 1 spiro atoms. The molecule has 3 aliphatic heterocycles. The average molecular weight is 525 g/mol. The fraction of sp³-hybridized carbons (Fsp3) is 0.533. The number of allylic oxidation sites excluding steroid dienone is 8. The van der Waals surface area contributed by atoms with E-state index in [2.05, 4.69) is 35.0 Å². The number of fused-ring (bicyclic) bond motifs is 2. The topological polar surface area (TPSA) is 79.6 Å². The Kier molecular flexibility index (Phi) is 9.14. The van der Waals surface area contributed by atoms with Crippen LogP contribution < -0.4 is 5.32 Å². The van der Waals surface area contributed by atoms with Gasteiger partial charge in [-0.25, -0.2) is 8.78 Å². The van der Waals surface area contributed by atoms with E-state index in [4.69, 9.17) is 0 Å². The molecule has 204 valence electrons. The monoisotopic (exact) mass is 524 g/mol. The molecule has 3 heterocycles. The molecule has 3 saturated heterocycles. The van der Waals surface area contributed by atoms with E-state index in [9.17, 15) is 23.9 Å². The smallest absolute Gasteiger partial charge is 0.246 e. The molecule has 4 rings (SSSR count). The van der Waals surface area contributed by atoms with Crippen molar-refractivity contribution in [2.75, 3.05) is 45.9 Å². The standard InChI is InChI=1S/C30H38F2N4O2/c1-2-23(19-25(32)7-13-31)4-6-28(37)36-17-11-30(38,12-18-36)10-16-35-14-8-29(9-15-35)22-34-27-20-24(21-33)3-5-26(27)29/h2-7,19-20,26-27,34,38H,1,8-18,22H2/b6-4+,23-19+,25-7+. The van der Waals surface area contributed by atoms with Gasteiger partial charge in [-0.3, -0.25) is 4.79 Å². The highest BCUT2D eigenvalue weighted by Crippen LogP contribution is 2.46. The average Bonchev–Trinajstić information content (AvgIpc) is 3.28. The van der Waals surface area contributed by atoms with Crippen LogP contribution in [0.25, 0.3) is 0 Å². The molecule has 2 unspecified atom stereocenters. The minimum atomic E-state index is -0.899. The van der Waals surface area contributed by atoms with Gasteiger partial charge in [0.05, 0.1) is 11.7 Å². The van der Waals surface area contributed by atoms with Crippen molar-refractivity contribution < 1.29 is 18.7 Å². The van der Waals surface area contributed by atoms with Crippen LogP contribution in [0.1, 0.15) is 32.1 Å². The van der Waals surface area contributed by atoms with Crippen LogP contribution in [0.4, 0.5) is 8.78 Å². The molecule has 0 aromatic carbocycles. The van der Waals surface area contributed by atoms with Crippen LogP contribution in [0.2, 0.25) is 0 Å². The number of hydrogen-bond acceptors (Lipinski definition) is 5. The zero-order valence-corrected chi connectivity index (χ0v) is 21.9. The van der Waals surface area contributed by atoms with E-state index < -0.39 is 18.1 Å². The second kappa shape index (κ2) is 12.3. The van der Waals surface area contributed by atoms with Crippen molar-refractivity contribution in [3.8, 4) is 6.07 Å². The lowest BCUT2D eigenvalue weighted by molar-refractivity contribution is -0.130. The SMILES string of the molecule is C=CC(/C=C/C(=O)N1CCC(O)(CCN2CCC3(CC2)CNC2C=C(C#N)C=CC23)CC1)=C\C(F)=C/CF. The Morgan fingerprint density at radius 2 is 1.97 bits per heavy atom. The van der Waals surface area contributed by atoms with Gasteiger partial charge >= 0.3 is 0 Å². The first-order valence-electron chi connectivity index (χ1n) is 13.5. The zero-order valence-electron chi connectivity index (χ0n) is 21.9. The number of amides is 1. The van der Waals surface area contributed by atoms with E-state index in [1.807, 2.05) is 6.08 Å². The number of likely N-dealkylation sites (tertiary alicyclic amines) is 2. The molecule has 38 heavy (non-hydrogen) atoms. The van der Waals surface area contributed by atoms with Crippen molar-refractivity contribution in [3.63, 3.8) is 0 Å². The second-order valence-corrected chi connectivity index (χ2v) is 11.0. The van der Waals surface area contributed by atoms with E-state index in [1.165, 1.54) is 18.2 Å². The van der Waals surface area contributed by atoms with Gasteiger partial charge in [0.25, 0.3) is 0 Å². The van der Waals surface area contributed by atoms with Gasteiger partial charge in [0.1, 0.15) is 12.5 Å². The molecule has 0 bridgehead atoms. The summed E-state index contributed by atoms with van der Waals surface area (Å²) in [5.41, 5.74) is 0.569. The van der Waals surface area contributed by atoms with Crippen LogP contribution in [0.15, 0.2) is 72.2 Å². The lowest BCUT2D eigenvalue weighted by Gasteiger charge is -2.44. The summed E-state index contributed by atoms with van der Waals surface area (Å²) >= 11 is 0. The minimum Gasteiger partial charge on any atom is -0.390 e. The summed E-state index contributed by atoms with van der Waals surface area (Å²) in [6.45, 7) is 7.44. The van der Waals surface area contributed by atoms with Crippen LogP contribution >= 0.6 is 0 Å². The molecular weight excluding hydrogens is 486 g/mol. The summed E-state index contributed by atoms with van der Waals surface area (Å²) in [6, 6.07) is 2.50. The third-order valence-corrected chi connectivity index (χ3v) is 8.74. The largest absolute Gasteiger partial charge is 0.390 e. The number of alkyl halides is 1. The highest BCUT2D eigenvalue weighted by Gasteiger charge is 2.48. The van der Waals surface area contributed by atoms with Gasteiger partial charge in [-0.1, -0.05) is 18.7 Å². The number of carbonyl (C=O) groups is 1. The highest BCUT2D eigenvalue weighted by molar-refractivity contribution is 5.88. The fourth-order valence-electron chi connectivity index (χ4n) is 6.20. The molecule has 3 fully saturated rings. The van der Waals surface area contributed by atoms with Crippen LogP contribution in [-0.2, 0) is 4.79 Å². The van der Waals surface area contributed by atoms with Gasteiger partial charge < -0.3 is 20.2 Å². The van der Waals surface area contributed by atoms with Crippen molar-refractivity contribution in [2.24, 2.45) is 11.3 Å².